The van der Waals surface area contributed by atoms with Crippen molar-refractivity contribution < 1.29 is 9.72 Å². The van der Waals surface area contributed by atoms with Crippen LogP contribution >= 0.6 is 11.3 Å². The fourth-order valence-electron chi connectivity index (χ4n) is 0.815. The van der Waals surface area contributed by atoms with Gasteiger partial charge in [-0.15, -0.1) is 0 Å². The van der Waals surface area contributed by atoms with Gasteiger partial charge in [-0.2, -0.15) is 0 Å². The van der Waals surface area contributed by atoms with Crippen molar-refractivity contribution in [2.24, 2.45) is 11.1 Å². The number of aromatic nitrogens is 1. The van der Waals surface area contributed by atoms with E-state index in [1.807, 2.05) is 0 Å². The van der Waals surface area contributed by atoms with E-state index in [4.69, 9.17) is 5.73 Å². The van der Waals surface area contributed by atoms with Crippen LogP contribution in [0.4, 0.5) is 10.1 Å². The highest BCUT2D eigenvalue weighted by Crippen LogP contribution is 2.26. The number of nitrogens with zero attached hydrogens (tertiary/aromatic N) is 2. The van der Waals surface area contributed by atoms with Crippen LogP contribution in [0.5, 0.6) is 0 Å². The highest BCUT2D eigenvalue weighted by Gasteiger charge is 2.25. The number of hydrogen-bond donors (Lipinski definition) is 2. The van der Waals surface area contributed by atoms with Crippen molar-refractivity contribution in [1.82, 2.24) is 4.98 Å². The summed E-state index contributed by atoms with van der Waals surface area (Å²) in [5.41, 5.74) is 4.46. The standard InChI is InChI=1S/C8H12N4O3S/c1-8(2,6(9)13)4-11-7-10-3-5(16-7)12(14)15/h3H,4H2,1-2H3,(H2,9,13)(H,10,11). The molecule has 1 heterocycles. The van der Waals surface area contributed by atoms with Crippen LogP contribution in [0.1, 0.15) is 13.8 Å². The van der Waals surface area contributed by atoms with Gasteiger partial charge in [0, 0.05) is 6.54 Å². The first kappa shape index (κ1) is 12.4. The Hall–Kier alpha value is -1.70. The predicted molar refractivity (Wildman–Crippen MR) is 60.2 cm³/mol. The minimum Gasteiger partial charge on any atom is -0.369 e. The predicted octanol–water partition coefficient (Wildman–Crippen LogP) is 0.975. The molecule has 0 aliphatic rings. The lowest BCUT2D eigenvalue weighted by molar-refractivity contribution is -0.380. The molecule has 0 saturated carbocycles. The largest absolute Gasteiger partial charge is 0.369 e. The first-order valence-corrected chi connectivity index (χ1v) is 5.28. The molecule has 16 heavy (non-hydrogen) atoms. The van der Waals surface area contributed by atoms with Crippen LogP contribution in [0.3, 0.4) is 0 Å². The van der Waals surface area contributed by atoms with E-state index in [-0.39, 0.29) is 11.5 Å². The first-order chi connectivity index (χ1) is 7.33. The number of carbonyl (C=O) groups is 1. The molecule has 0 atom stereocenters. The number of anilines is 1. The maximum atomic E-state index is 11.0. The molecule has 0 fully saturated rings. The smallest absolute Gasteiger partial charge is 0.345 e. The lowest BCUT2D eigenvalue weighted by atomic mass is 9.93. The van der Waals surface area contributed by atoms with Crippen molar-refractivity contribution in [3.05, 3.63) is 16.3 Å². The third kappa shape index (κ3) is 2.89. The van der Waals surface area contributed by atoms with Crippen molar-refractivity contribution in [2.75, 3.05) is 11.9 Å². The summed E-state index contributed by atoms with van der Waals surface area (Å²) in [6.07, 6.45) is 1.17. The van der Waals surface area contributed by atoms with Crippen molar-refractivity contribution in [3.63, 3.8) is 0 Å². The minimum atomic E-state index is -0.722. The number of carbonyl (C=O) groups excluding carboxylic acids is 1. The summed E-state index contributed by atoms with van der Waals surface area (Å²) >= 11 is 0.920. The third-order valence-corrected chi connectivity index (χ3v) is 2.93. The van der Waals surface area contributed by atoms with Crippen molar-refractivity contribution in [2.45, 2.75) is 13.8 Å². The Bertz CT molecular complexity index is 415. The molecule has 1 amide bonds. The summed E-state index contributed by atoms with van der Waals surface area (Å²) in [4.78, 5) is 24.7. The maximum absolute atomic E-state index is 11.0. The van der Waals surface area contributed by atoms with E-state index in [0.717, 1.165) is 11.3 Å². The van der Waals surface area contributed by atoms with Crippen molar-refractivity contribution in [1.29, 1.82) is 0 Å². The third-order valence-electron chi connectivity index (χ3n) is 2.02. The molecule has 1 aromatic rings. The number of hydrogen-bond acceptors (Lipinski definition) is 6. The number of nitro groups is 1. The monoisotopic (exact) mass is 244 g/mol. The van der Waals surface area contributed by atoms with E-state index in [2.05, 4.69) is 10.3 Å². The van der Waals surface area contributed by atoms with Crippen molar-refractivity contribution in [3.8, 4) is 0 Å². The summed E-state index contributed by atoms with van der Waals surface area (Å²) in [6.45, 7) is 3.65. The summed E-state index contributed by atoms with van der Waals surface area (Å²) in [7, 11) is 0. The van der Waals surface area contributed by atoms with Crippen LogP contribution in [0, 0.1) is 15.5 Å². The van der Waals surface area contributed by atoms with Gasteiger partial charge in [-0.3, -0.25) is 14.9 Å². The fourth-order valence-corrected chi connectivity index (χ4v) is 1.44. The summed E-state index contributed by atoms with van der Waals surface area (Å²) in [5.74, 6) is -0.439. The van der Waals surface area contributed by atoms with Crippen LogP contribution in [-0.4, -0.2) is 22.4 Å². The second-order valence-electron chi connectivity index (χ2n) is 3.86. The van der Waals surface area contributed by atoms with Crippen LogP contribution in [-0.2, 0) is 4.79 Å². The molecule has 1 aromatic heterocycles. The van der Waals surface area contributed by atoms with Crippen molar-refractivity contribution >= 4 is 27.4 Å². The Kier molecular flexibility index (Phi) is 3.43. The van der Waals surface area contributed by atoms with Gasteiger partial charge in [0.25, 0.3) is 0 Å². The first-order valence-electron chi connectivity index (χ1n) is 4.47. The zero-order valence-corrected chi connectivity index (χ0v) is 9.71. The molecule has 0 aliphatic heterocycles. The van der Waals surface area contributed by atoms with E-state index in [1.165, 1.54) is 6.20 Å². The van der Waals surface area contributed by atoms with Crippen LogP contribution in [0.15, 0.2) is 6.20 Å². The summed E-state index contributed by atoms with van der Waals surface area (Å²) in [6, 6.07) is 0. The molecule has 0 spiro atoms. The van der Waals surface area contributed by atoms with Gasteiger partial charge in [0.2, 0.25) is 5.91 Å². The number of nitrogens with one attached hydrogen (secondary N) is 1. The normalized spacial score (nSPS) is 11.1. The van der Waals surface area contributed by atoms with Gasteiger partial charge in [0.15, 0.2) is 5.13 Å². The van der Waals surface area contributed by atoms with E-state index in [9.17, 15) is 14.9 Å². The average molecular weight is 244 g/mol. The van der Waals surface area contributed by atoms with Gasteiger partial charge < -0.3 is 11.1 Å². The average Bonchev–Trinajstić information content (AvgIpc) is 2.63. The molecule has 8 heteroatoms. The van der Waals surface area contributed by atoms with Gasteiger partial charge in [-0.25, -0.2) is 4.98 Å². The number of amides is 1. The Morgan fingerprint density at radius 3 is 2.81 bits per heavy atom. The molecular weight excluding hydrogens is 232 g/mol. The second kappa shape index (κ2) is 4.44. The molecule has 0 bridgehead atoms. The lowest BCUT2D eigenvalue weighted by Gasteiger charge is -2.20. The number of thiazole rings is 1. The Labute approximate surface area is 95.8 Å². The molecule has 88 valence electrons. The fraction of sp³-hybridized carbons (Fsp3) is 0.500. The van der Waals surface area contributed by atoms with E-state index < -0.39 is 16.2 Å². The quantitative estimate of drug-likeness (QED) is 0.592. The van der Waals surface area contributed by atoms with E-state index in [1.54, 1.807) is 13.8 Å². The zero-order chi connectivity index (χ0) is 12.3. The van der Waals surface area contributed by atoms with Crippen LogP contribution in [0.25, 0.3) is 0 Å². The molecule has 0 unspecified atom stereocenters. The van der Waals surface area contributed by atoms with Crippen LogP contribution < -0.4 is 11.1 Å². The van der Waals surface area contributed by atoms with E-state index >= 15 is 0 Å². The number of rotatable bonds is 5. The Balaban J connectivity index is 2.61. The molecular formula is C8H12N4O3S. The molecule has 3 N–H and O–H groups in total. The number of nitrogens with two attached hydrogens (primary N) is 1. The van der Waals surface area contributed by atoms with Gasteiger partial charge >= 0.3 is 5.00 Å². The van der Waals surface area contributed by atoms with E-state index in [0.29, 0.717) is 5.13 Å². The SMILES string of the molecule is CC(C)(CNc1ncc([N+](=O)[O-])s1)C(N)=O. The van der Waals surface area contributed by atoms with Crippen LogP contribution in [0.2, 0.25) is 0 Å². The highest BCUT2D eigenvalue weighted by atomic mass is 32.1. The topological polar surface area (TPSA) is 111 Å². The molecule has 7 nitrogen and oxygen atoms in total. The lowest BCUT2D eigenvalue weighted by Crippen LogP contribution is -2.37. The van der Waals surface area contributed by atoms with Gasteiger partial charge in [0.1, 0.15) is 6.20 Å². The summed E-state index contributed by atoms with van der Waals surface area (Å²) in [5, 5.41) is 13.6. The second-order valence-corrected chi connectivity index (χ2v) is 4.87. The Morgan fingerprint density at radius 2 is 2.38 bits per heavy atom. The highest BCUT2D eigenvalue weighted by molar-refractivity contribution is 7.18. The Morgan fingerprint density at radius 1 is 1.75 bits per heavy atom. The molecule has 0 saturated heterocycles. The zero-order valence-electron chi connectivity index (χ0n) is 8.89. The maximum Gasteiger partial charge on any atom is 0.345 e. The summed E-state index contributed by atoms with van der Waals surface area (Å²) < 4.78 is 0. The molecule has 0 aliphatic carbocycles. The van der Waals surface area contributed by atoms with Gasteiger partial charge in [0.05, 0.1) is 10.3 Å². The van der Waals surface area contributed by atoms with Gasteiger partial charge in [-0.05, 0) is 25.2 Å². The molecule has 1 rings (SSSR count). The van der Waals surface area contributed by atoms with Gasteiger partial charge in [-0.1, -0.05) is 0 Å². The molecule has 0 radical (unpaired) electrons. The minimum absolute atomic E-state index is 0.0422. The number of primary amides is 1. The molecule has 0 aromatic carbocycles.